The van der Waals surface area contributed by atoms with Crippen molar-refractivity contribution in [1.29, 1.82) is 0 Å². The van der Waals surface area contributed by atoms with Gasteiger partial charge in [0.25, 0.3) is 0 Å². The van der Waals surface area contributed by atoms with Crippen LogP contribution >= 0.6 is 36.4 Å². The van der Waals surface area contributed by atoms with Gasteiger partial charge in [0.1, 0.15) is 5.75 Å². The third-order valence-electron chi connectivity index (χ3n) is 4.46. The number of ether oxygens (including phenoxy) is 1. The van der Waals surface area contributed by atoms with Gasteiger partial charge in [-0.25, -0.2) is 0 Å². The lowest BCUT2D eigenvalue weighted by molar-refractivity contribution is 0.121. The first-order valence-corrected chi connectivity index (χ1v) is 8.63. The van der Waals surface area contributed by atoms with E-state index in [0.29, 0.717) is 0 Å². The molecule has 1 fully saturated rings. The van der Waals surface area contributed by atoms with E-state index in [1.165, 1.54) is 5.56 Å². The molecule has 0 atom stereocenters. The molecule has 0 radical (unpaired) electrons. The highest BCUT2D eigenvalue weighted by Crippen LogP contribution is 2.24. The molecule has 0 bridgehead atoms. The Morgan fingerprint density at radius 1 is 0.962 bits per heavy atom. The Hall–Kier alpha value is -1.17. The largest absolute Gasteiger partial charge is 0.496 e. The lowest BCUT2D eigenvalue weighted by Gasteiger charge is -2.35. The van der Waals surface area contributed by atoms with Gasteiger partial charge in [0.15, 0.2) is 0 Å². The zero-order valence-corrected chi connectivity index (χ0v) is 17.2. The maximum atomic E-state index is 6.13. The van der Waals surface area contributed by atoms with Crippen LogP contribution in [0.25, 0.3) is 0 Å². The smallest absolute Gasteiger partial charge is 0.123 e. The van der Waals surface area contributed by atoms with Gasteiger partial charge in [-0.1, -0.05) is 23.7 Å². The molecule has 0 unspecified atom stereocenters. The molecule has 7 heteroatoms. The summed E-state index contributed by atoms with van der Waals surface area (Å²) >= 11 is 6.13. The summed E-state index contributed by atoms with van der Waals surface area (Å²) in [6.07, 6.45) is 0. The number of benzene rings is 2. The average molecular weight is 419 g/mol. The number of rotatable bonds is 5. The third kappa shape index (κ3) is 6.22. The summed E-state index contributed by atoms with van der Waals surface area (Å²) in [5.41, 5.74) is 9.12. The van der Waals surface area contributed by atoms with Crippen LogP contribution in [0.3, 0.4) is 0 Å². The van der Waals surface area contributed by atoms with Crippen molar-refractivity contribution in [3.63, 3.8) is 0 Å². The number of hydrogen-bond donors (Lipinski definition) is 1. The van der Waals surface area contributed by atoms with E-state index >= 15 is 0 Å². The number of halogens is 3. The van der Waals surface area contributed by atoms with Gasteiger partial charge in [-0.05, 0) is 35.9 Å². The molecule has 1 saturated heterocycles. The molecule has 0 spiro atoms. The van der Waals surface area contributed by atoms with E-state index < -0.39 is 0 Å². The molecule has 144 valence electrons. The summed E-state index contributed by atoms with van der Waals surface area (Å²) in [4.78, 5) is 4.92. The minimum atomic E-state index is 0. The first-order valence-electron chi connectivity index (χ1n) is 8.25. The molecule has 2 aromatic rings. The third-order valence-corrected chi connectivity index (χ3v) is 4.69. The lowest BCUT2D eigenvalue weighted by Crippen LogP contribution is -2.45. The monoisotopic (exact) mass is 417 g/mol. The lowest BCUT2D eigenvalue weighted by atomic mass is 10.1. The fourth-order valence-corrected chi connectivity index (χ4v) is 3.36. The van der Waals surface area contributed by atoms with Crippen LogP contribution in [0.5, 0.6) is 5.75 Å². The first-order chi connectivity index (χ1) is 11.6. The fourth-order valence-electron chi connectivity index (χ4n) is 3.17. The molecule has 1 aliphatic heterocycles. The van der Waals surface area contributed by atoms with E-state index in [4.69, 9.17) is 22.1 Å². The zero-order chi connectivity index (χ0) is 16.9. The average Bonchev–Trinajstić information content (AvgIpc) is 2.57. The molecule has 2 N–H and O–H groups in total. The summed E-state index contributed by atoms with van der Waals surface area (Å²) in [5, 5.41) is 0.756. The maximum Gasteiger partial charge on any atom is 0.123 e. The molecule has 1 heterocycles. The number of nitrogens with zero attached hydrogens (tertiary/aromatic N) is 2. The van der Waals surface area contributed by atoms with Gasteiger partial charge in [0.05, 0.1) is 7.11 Å². The molecular weight excluding hydrogens is 393 g/mol. The summed E-state index contributed by atoms with van der Waals surface area (Å²) in [5.74, 6) is 0.904. The minimum absolute atomic E-state index is 0. The highest BCUT2D eigenvalue weighted by atomic mass is 35.5. The number of piperazine rings is 1. The van der Waals surface area contributed by atoms with E-state index in [0.717, 1.165) is 61.3 Å². The van der Waals surface area contributed by atoms with Crippen LogP contribution in [0, 0.1) is 0 Å². The van der Waals surface area contributed by atoms with E-state index in [1.54, 1.807) is 7.11 Å². The van der Waals surface area contributed by atoms with Crippen LogP contribution in [-0.4, -0.2) is 43.1 Å². The highest BCUT2D eigenvalue weighted by molar-refractivity contribution is 6.30. The van der Waals surface area contributed by atoms with Crippen molar-refractivity contribution in [3.8, 4) is 5.75 Å². The van der Waals surface area contributed by atoms with Crippen LogP contribution < -0.4 is 10.5 Å². The van der Waals surface area contributed by atoms with Crippen LogP contribution in [0.15, 0.2) is 42.5 Å². The highest BCUT2D eigenvalue weighted by Gasteiger charge is 2.18. The Morgan fingerprint density at radius 2 is 1.62 bits per heavy atom. The molecule has 0 amide bonds. The van der Waals surface area contributed by atoms with E-state index in [9.17, 15) is 0 Å². The second-order valence-corrected chi connectivity index (χ2v) is 6.69. The van der Waals surface area contributed by atoms with E-state index in [2.05, 4.69) is 21.9 Å². The SMILES string of the molecule is COc1ccc(Cl)cc1CN1CCN(Cc2cccc(N)c2)CC1.Cl.Cl. The zero-order valence-electron chi connectivity index (χ0n) is 14.9. The molecule has 2 aromatic carbocycles. The Bertz CT molecular complexity index is 691. The van der Waals surface area contributed by atoms with Crippen molar-refractivity contribution in [2.75, 3.05) is 39.0 Å². The van der Waals surface area contributed by atoms with Crippen molar-refractivity contribution >= 4 is 42.1 Å². The predicted molar refractivity (Wildman–Crippen MR) is 114 cm³/mol. The van der Waals surface area contributed by atoms with Crippen LogP contribution in [0.1, 0.15) is 11.1 Å². The van der Waals surface area contributed by atoms with Gasteiger partial charge in [-0.2, -0.15) is 0 Å². The molecule has 26 heavy (non-hydrogen) atoms. The van der Waals surface area contributed by atoms with Gasteiger partial charge in [0.2, 0.25) is 0 Å². The van der Waals surface area contributed by atoms with Crippen LogP contribution in [0.2, 0.25) is 5.02 Å². The number of nitrogen functional groups attached to an aromatic ring is 1. The molecule has 0 aromatic heterocycles. The quantitative estimate of drug-likeness (QED) is 0.743. The summed E-state index contributed by atoms with van der Waals surface area (Å²) in [6, 6.07) is 14.0. The maximum absolute atomic E-state index is 6.13. The van der Waals surface area contributed by atoms with Gasteiger partial charge in [-0.15, -0.1) is 24.8 Å². The van der Waals surface area contributed by atoms with E-state index in [-0.39, 0.29) is 24.8 Å². The first kappa shape index (κ1) is 22.9. The van der Waals surface area contributed by atoms with Crippen molar-refractivity contribution in [2.45, 2.75) is 13.1 Å². The number of anilines is 1. The topological polar surface area (TPSA) is 41.7 Å². The van der Waals surface area contributed by atoms with Crippen LogP contribution in [0.4, 0.5) is 5.69 Å². The summed E-state index contributed by atoms with van der Waals surface area (Å²) < 4.78 is 5.45. The standard InChI is InChI=1S/C19H24ClN3O.2ClH/c1-24-19-6-5-17(20)12-16(19)14-23-9-7-22(8-10-23)13-15-3-2-4-18(21)11-15;;/h2-6,11-12H,7-10,13-14,21H2,1H3;2*1H. The van der Waals surface area contributed by atoms with Crippen molar-refractivity contribution in [3.05, 3.63) is 58.6 Å². The van der Waals surface area contributed by atoms with Gasteiger partial charge in [-0.3, -0.25) is 9.80 Å². The molecule has 0 aliphatic carbocycles. The molecule has 0 saturated carbocycles. The normalized spacial score (nSPS) is 15.0. The van der Waals surface area contributed by atoms with Crippen LogP contribution in [-0.2, 0) is 13.1 Å². The molecule has 3 rings (SSSR count). The second-order valence-electron chi connectivity index (χ2n) is 6.25. The van der Waals surface area contributed by atoms with E-state index in [1.807, 2.05) is 30.3 Å². The number of methoxy groups -OCH3 is 1. The van der Waals surface area contributed by atoms with Crippen molar-refractivity contribution < 1.29 is 4.74 Å². The second kappa shape index (κ2) is 10.9. The summed E-state index contributed by atoms with van der Waals surface area (Å²) in [7, 11) is 1.70. The number of nitrogens with two attached hydrogens (primary N) is 1. The van der Waals surface area contributed by atoms with Gasteiger partial charge in [0, 0.05) is 55.5 Å². The van der Waals surface area contributed by atoms with Crippen molar-refractivity contribution in [1.82, 2.24) is 9.80 Å². The van der Waals surface area contributed by atoms with Gasteiger partial charge < -0.3 is 10.5 Å². The Balaban J connectivity index is 0.00000169. The Kier molecular flexibility index (Phi) is 9.55. The fraction of sp³-hybridized carbons (Fsp3) is 0.368. The Morgan fingerprint density at radius 3 is 2.23 bits per heavy atom. The summed E-state index contributed by atoms with van der Waals surface area (Å²) in [6.45, 7) is 6.01. The number of hydrogen-bond acceptors (Lipinski definition) is 4. The van der Waals surface area contributed by atoms with Gasteiger partial charge >= 0.3 is 0 Å². The minimum Gasteiger partial charge on any atom is -0.496 e. The molecule has 1 aliphatic rings. The Labute approximate surface area is 173 Å². The van der Waals surface area contributed by atoms with Crippen molar-refractivity contribution in [2.24, 2.45) is 0 Å². The predicted octanol–water partition coefficient (Wildman–Crippen LogP) is 4.09. The molecule has 4 nitrogen and oxygen atoms in total. The molecular formula is C19H26Cl3N3O.